The summed E-state index contributed by atoms with van der Waals surface area (Å²) >= 11 is 1.67. The molecule has 0 radical (unpaired) electrons. The van der Waals surface area contributed by atoms with Gasteiger partial charge >= 0.3 is 0 Å². The zero-order chi connectivity index (χ0) is 11.1. The van der Waals surface area contributed by atoms with Crippen molar-refractivity contribution in [3.05, 3.63) is 0 Å². The van der Waals surface area contributed by atoms with Crippen LogP contribution in [0.25, 0.3) is 0 Å². The number of aliphatic hydroxyl groups is 2. The van der Waals surface area contributed by atoms with Crippen LogP contribution in [0.3, 0.4) is 0 Å². The first kappa shape index (κ1) is 14.2. The summed E-state index contributed by atoms with van der Waals surface area (Å²) in [6.45, 7) is 6.48. The average Bonchev–Trinajstić information content (AvgIpc) is 2.13. The molecule has 3 atom stereocenters. The third kappa shape index (κ3) is 5.20. The maximum absolute atomic E-state index is 9.20. The molecule has 4 heteroatoms. The van der Waals surface area contributed by atoms with Crippen molar-refractivity contribution in [1.82, 2.24) is 0 Å². The summed E-state index contributed by atoms with van der Waals surface area (Å²) in [4.78, 5) is 0. The van der Waals surface area contributed by atoms with Crippen molar-refractivity contribution < 1.29 is 10.2 Å². The second kappa shape index (κ2) is 7.51. The SMILES string of the molecule is CC(CCO)SC(CO)C(N)C(C)C. The maximum Gasteiger partial charge on any atom is 0.0565 e. The summed E-state index contributed by atoms with van der Waals surface area (Å²) in [7, 11) is 0. The highest BCUT2D eigenvalue weighted by atomic mass is 32.2. The van der Waals surface area contributed by atoms with Crippen LogP contribution in [0.5, 0.6) is 0 Å². The summed E-state index contributed by atoms with van der Waals surface area (Å²) in [5.41, 5.74) is 5.97. The Morgan fingerprint density at radius 2 is 1.79 bits per heavy atom. The van der Waals surface area contributed by atoms with Gasteiger partial charge in [0.05, 0.1) is 6.61 Å². The molecule has 4 N–H and O–H groups in total. The molecule has 0 aliphatic rings. The van der Waals surface area contributed by atoms with Gasteiger partial charge < -0.3 is 15.9 Å². The van der Waals surface area contributed by atoms with Crippen LogP contribution in [0.1, 0.15) is 27.2 Å². The molecular formula is C10H23NO2S. The molecule has 0 aromatic rings. The fourth-order valence-corrected chi connectivity index (χ4v) is 2.65. The van der Waals surface area contributed by atoms with E-state index in [0.717, 1.165) is 6.42 Å². The number of aliphatic hydroxyl groups excluding tert-OH is 2. The molecular weight excluding hydrogens is 198 g/mol. The average molecular weight is 221 g/mol. The Labute approximate surface area is 91.1 Å². The topological polar surface area (TPSA) is 66.5 Å². The van der Waals surface area contributed by atoms with Gasteiger partial charge in [-0.3, -0.25) is 0 Å². The van der Waals surface area contributed by atoms with Crippen molar-refractivity contribution in [3.63, 3.8) is 0 Å². The normalized spacial score (nSPS) is 18.2. The van der Waals surface area contributed by atoms with E-state index >= 15 is 0 Å². The Bertz CT molecular complexity index is 144. The molecule has 0 amide bonds. The Balaban J connectivity index is 4.01. The number of thioether (sulfide) groups is 1. The first-order chi connectivity index (χ1) is 6.52. The number of hydrogen-bond acceptors (Lipinski definition) is 4. The lowest BCUT2D eigenvalue weighted by Gasteiger charge is -2.27. The van der Waals surface area contributed by atoms with Gasteiger partial charge in [-0.25, -0.2) is 0 Å². The van der Waals surface area contributed by atoms with Crippen molar-refractivity contribution in [2.75, 3.05) is 13.2 Å². The third-order valence-corrected chi connectivity index (χ3v) is 3.84. The minimum atomic E-state index is 0.0196. The molecule has 0 aromatic carbocycles. The zero-order valence-electron chi connectivity index (χ0n) is 9.31. The van der Waals surface area contributed by atoms with Crippen molar-refractivity contribution in [1.29, 1.82) is 0 Å². The van der Waals surface area contributed by atoms with Crippen LogP contribution in [0.2, 0.25) is 0 Å². The predicted molar refractivity (Wildman–Crippen MR) is 62.4 cm³/mol. The lowest BCUT2D eigenvalue weighted by atomic mass is 10.0. The highest BCUT2D eigenvalue weighted by Gasteiger charge is 2.22. The van der Waals surface area contributed by atoms with Gasteiger partial charge in [-0.05, 0) is 12.3 Å². The van der Waals surface area contributed by atoms with Crippen LogP contribution >= 0.6 is 11.8 Å². The fraction of sp³-hybridized carbons (Fsp3) is 1.00. The minimum Gasteiger partial charge on any atom is -0.396 e. The van der Waals surface area contributed by atoms with Crippen molar-refractivity contribution >= 4 is 11.8 Å². The van der Waals surface area contributed by atoms with Crippen LogP contribution < -0.4 is 5.73 Å². The molecule has 86 valence electrons. The van der Waals surface area contributed by atoms with E-state index in [1.165, 1.54) is 0 Å². The molecule has 0 bridgehead atoms. The molecule has 3 nitrogen and oxygen atoms in total. The summed E-state index contributed by atoms with van der Waals surface area (Å²) < 4.78 is 0. The van der Waals surface area contributed by atoms with Gasteiger partial charge in [0.2, 0.25) is 0 Å². The Morgan fingerprint density at radius 3 is 2.14 bits per heavy atom. The lowest BCUT2D eigenvalue weighted by Crippen LogP contribution is -2.40. The van der Waals surface area contributed by atoms with Gasteiger partial charge in [0, 0.05) is 23.1 Å². The van der Waals surface area contributed by atoms with Gasteiger partial charge in [0.1, 0.15) is 0 Å². The first-order valence-electron chi connectivity index (χ1n) is 5.15. The van der Waals surface area contributed by atoms with E-state index in [1.54, 1.807) is 11.8 Å². The maximum atomic E-state index is 9.20. The fourth-order valence-electron chi connectivity index (χ4n) is 1.23. The molecule has 0 rings (SSSR count). The van der Waals surface area contributed by atoms with Crippen molar-refractivity contribution in [2.24, 2.45) is 11.7 Å². The van der Waals surface area contributed by atoms with E-state index < -0.39 is 0 Å². The zero-order valence-corrected chi connectivity index (χ0v) is 10.1. The van der Waals surface area contributed by atoms with E-state index in [2.05, 4.69) is 20.8 Å². The second-order valence-corrected chi connectivity index (χ2v) is 5.68. The van der Waals surface area contributed by atoms with Crippen LogP contribution in [-0.2, 0) is 0 Å². The minimum absolute atomic E-state index is 0.0196. The molecule has 0 spiro atoms. The number of nitrogens with two attached hydrogens (primary N) is 1. The molecule has 3 unspecified atom stereocenters. The Hall–Kier alpha value is 0.230. The lowest BCUT2D eigenvalue weighted by molar-refractivity contribution is 0.267. The molecule has 0 aliphatic carbocycles. The highest BCUT2D eigenvalue weighted by molar-refractivity contribution is 8.00. The van der Waals surface area contributed by atoms with Crippen LogP contribution in [0.4, 0.5) is 0 Å². The smallest absolute Gasteiger partial charge is 0.0565 e. The molecule has 0 fully saturated rings. The van der Waals surface area contributed by atoms with E-state index in [-0.39, 0.29) is 24.5 Å². The molecule has 0 saturated carbocycles. The summed E-state index contributed by atoms with van der Waals surface area (Å²) in [6, 6.07) is 0.0196. The quantitative estimate of drug-likeness (QED) is 0.596. The third-order valence-electron chi connectivity index (χ3n) is 2.32. The molecule has 0 heterocycles. The van der Waals surface area contributed by atoms with Crippen molar-refractivity contribution in [2.45, 2.75) is 43.7 Å². The van der Waals surface area contributed by atoms with Crippen LogP contribution in [0, 0.1) is 5.92 Å². The van der Waals surface area contributed by atoms with Gasteiger partial charge in [-0.15, -0.1) is 0 Å². The Kier molecular flexibility index (Phi) is 7.64. The summed E-state index contributed by atoms with van der Waals surface area (Å²) in [5, 5.41) is 18.4. The van der Waals surface area contributed by atoms with Crippen LogP contribution in [0.15, 0.2) is 0 Å². The van der Waals surface area contributed by atoms with Gasteiger partial charge in [0.15, 0.2) is 0 Å². The standard InChI is InChI=1S/C10H23NO2S/c1-7(2)10(11)9(6-13)14-8(3)4-5-12/h7-10,12-13H,4-6,11H2,1-3H3. The Morgan fingerprint density at radius 1 is 1.21 bits per heavy atom. The van der Waals surface area contributed by atoms with E-state index in [4.69, 9.17) is 10.8 Å². The molecule has 0 saturated heterocycles. The van der Waals surface area contributed by atoms with Crippen LogP contribution in [-0.4, -0.2) is 40.0 Å². The number of rotatable bonds is 7. The molecule has 0 aromatic heterocycles. The van der Waals surface area contributed by atoms with E-state index in [9.17, 15) is 5.11 Å². The van der Waals surface area contributed by atoms with Gasteiger partial charge in [0.25, 0.3) is 0 Å². The molecule has 0 aliphatic heterocycles. The van der Waals surface area contributed by atoms with Crippen molar-refractivity contribution in [3.8, 4) is 0 Å². The van der Waals surface area contributed by atoms with E-state index in [1.807, 2.05) is 0 Å². The summed E-state index contributed by atoms with van der Waals surface area (Å²) in [5.74, 6) is 0.376. The molecule has 14 heavy (non-hydrogen) atoms. The number of hydrogen-bond donors (Lipinski definition) is 3. The monoisotopic (exact) mass is 221 g/mol. The first-order valence-corrected chi connectivity index (χ1v) is 6.10. The van der Waals surface area contributed by atoms with Gasteiger partial charge in [-0.2, -0.15) is 11.8 Å². The summed E-state index contributed by atoms with van der Waals surface area (Å²) in [6.07, 6.45) is 0.756. The predicted octanol–water partition coefficient (Wildman–Crippen LogP) is 0.835. The largest absolute Gasteiger partial charge is 0.396 e. The van der Waals surface area contributed by atoms with E-state index in [0.29, 0.717) is 11.2 Å². The second-order valence-electron chi connectivity index (χ2n) is 4.00. The van der Waals surface area contributed by atoms with Gasteiger partial charge in [-0.1, -0.05) is 20.8 Å². The highest BCUT2D eigenvalue weighted by Crippen LogP contribution is 2.24.